The number of aliphatic hydroxyl groups is 12. The summed E-state index contributed by atoms with van der Waals surface area (Å²) in [6, 6.07) is 0. The molecule has 5 aliphatic heterocycles. The molecule has 0 aromatic heterocycles. The number of carbonyl (C=O) groups is 1. The molecular weight excluding hydrogens is 1110 g/mol. The molecule has 26 nitrogen and oxygen atoms in total. The van der Waals surface area contributed by atoms with E-state index in [9.17, 15) is 66.1 Å². The van der Waals surface area contributed by atoms with Gasteiger partial charge in [-0.15, -0.1) is 0 Å². The van der Waals surface area contributed by atoms with Gasteiger partial charge in [-0.1, -0.05) is 31.6 Å². The molecule has 0 aromatic rings. The number of methoxy groups -OCH3 is 2. The summed E-state index contributed by atoms with van der Waals surface area (Å²) >= 11 is 0. The predicted octanol–water partition coefficient (Wildman–Crippen LogP) is -1.55. The third kappa shape index (κ3) is 12.5. The van der Waals surface area contributed by atoms with E-state index >= 15 is 0 Å². The molecule has 5 heterocycles. The highest BCUT2D eigenvalue weighted by atomic mass is 16.8. The second-order valence-corrected chi connectivity index (χ2v) is 25.5. The van der Waals surface area contributed by atoms with Crippen LogP contribution in [0.5, 0.6) is 0 Å². The fraction of sp³-hybridized carbons (Fsp3) is 0.914. The average Bonchev–Trinajstić information content (AvgIpc) is 1.45. The van der Waals surface area contributed by atoms with Crippen LogP contribution in [0.25, 0.3) is 0 Å². The first-order chi connectivity index (χ1) is 39.7. The smallest absolute Gasteiger partial charge is 0.333 e. The minimum absolute atomic E-state index is 0.0513. The van der Waals surface area contributed by atoms with E-state index in [1.807, 2.05) is 13.8 Å². The molecule has 32 atom stereocenters. The van der Waals surface area contributed by atoms with E-state index in [1.165, 1.54) is 12.7 Å². The molecule has 9 rings (SSSR count). The van der Waals surface area contributed by atoms with E-state index in [4.69, 9.17) is 61.6 Å². The number of ether oxygens (including phenoxy) is 13. The summed E-state index contributed by atoms with van der Waals surface area (Å²) in [5.41, 5.74) is -0.141. The average molecular weight is 1210 g/mol. The Labute approximate surface area is 489 Å². The van der Waals surface area contributed by atoms with Crippen LogP contribution in [0.15, 0.2) is 23.3 Å². The lowest BCUT2D eigenvalue weighted by Gasteiger charge is -2.61. The van der Waals surface area contributed by atoms with Crippen molar-refractivity contribution in [1.29, 1.82) is 0 Å². The summed E-state index contributed by atoms with van der Waals surface area (Å²) in [7, 11) is 3.02. The van der Waals surface area contributed by atoms with Gasteiger partial charge in [0.15, 0.2) is 37.6 Å². The summed E-state index contributed by atoms with van der Waals surface area (Å²) in [5.74, 6) is -0.604. The van der Waals surface area contributed by atoms with Crippen molar-refractivity contribution in [2.45, 2.75) is 271 Å². The van der Waals surface area contributed by atoms with Crippen molar-refractivity contribution in [2.24, 2.45) is 28.6 Å². The van der Waals surface area contributed by atoms with Gasteiger partial charge in [0.25, 0.3) is 0 Å². The van der Waals surface area contributed by atoms with Gasteiger partial charge in [-0.05, 0) is 109 Å². The van der Waals surface area contributed by atoms with Gasteiger partial charge in [0, 0.05) is 31.6 Å². The van der Waals surface area contributed by atoms with Crippen LogP contribution in [0.4, 0.5) is 0 Å². The molecule has 0 radical (unpaired) electrons. The van der Waals surface area contributed by atoms with Crippen molar-refractivity contribution < 1.29 is 128 Å². The number of hydrogen-bond acceptors (Lipinski definition) is 26. The summed E-state index contributed by atoms with van der Waals surface area (Å²) < 4.78 is 77.8. The number of fused-ring (bicyclic) bond motifs is 5. The van der Waals surface area contributed by atoms with Crippen LogP contribution >= 0.6 is 0 Å². The maximum absolute atomic E-state index is 13.1. The minimum atomic E-state index is -1.85. The second kappa shape index (κ2) is 26.8. The van der Waals surface area contributed by atoms with Gasteiger partial charge in [-0.3, -0.25) is 0 Å². The molecule has 0 aromatic carbocycles. The maximum Gasteiger partial charge on any atom is 0.333 e. The van der Waals surface area contributed by atoms with Crippen LogP contribution in [0.1, 0.15) is 106 Å². The van der Waals surface area contributed by atoms with Crippen LogP contribution < -0.4 is 0 Å². The molecule has 8 fully saturated rings. The second-order valence-electron chi connectivity index (χ2n) is 25.5. The molecule has 0 unspecified atom stereocenters. The molecule has 3 saturated carbocycles. The molecule has 4 aliphatic carbocycles. The monoisotopic (exact) mass is 1210 g/mol. The number of esters is 1. The number of aliphatic hydroxyl groups excluding tert-OH is 11. The molecule has 5 saturated heterocycles. The van der Waals surface area contributed by atoms with Crippen molar-refractivity contribution in [1.82, 2.24) is 0 Å². The van der Waals surface area contributed by atoms with Gasteiger partial charge in [0.2, 0.25) is 0 Å². The van der Waals surface area contributed by atoms with Gasteiger partial charge in [0.05, 0.1) is 55.9 Å². The Morgan fingerprint density at radius 3 is 1.85 bits per heavy atom. The van der Waals surface area contributed by atoms with Crippen LogP contribution in [0, 0.1) is 28.6 Å². The van der Waals surface area contributed by atoms with Crippen molar-refractivity contribution in [2.75, 3.05) is 34.0 Å². The van der Waals surface area contributed by atoms with Crippen molar-refractivity contribution >= 4 is 5.97 Å². The van der Waals surface area contributed by atoms with Gasteiger partial charge in [-0.2, -0.15) is 0 Å². The summed E-state index contributed by atoms with van der Waals surface area (Å²) in [6.45, 7) is 11.3. The molecule has 0 bridgehead atoms. The lowest BCUT2D eigenvalue weighted by molar-refractivity contribution is -0.346. The predicted molar refractivity (Wildman–Crippen MR) is 286 cm³/mol. The lowest BCUT2D eigenvalue weighted by atomic mass is 9.45. The Morgan fingerprint density at radius 2 is 1.25 bits per heavy atom. The zero-order chi connectivity index (χ0) is 61.1. The third-order valence-corrected chi connectivity index (χ3v) is 20.9. The Balaban J connectivity index is 0.778. The molecule has 26 heteroatoms. The minimum Gasteiger partial charge on any atom is -0.453 e. The SMILES string of the molecule is C/C=C(\C)C(=O)O[C@H]1[C@H](OC)[C@@H](O)[C@H](O[C@H]2[C@@H](OC)C[C@H](O[C@H]3CC[C@@]4(C)C(=CC[C@@H]5[C@@H]4CC[C@]4(C)[C@@H]([C@H](C)O[C@@H]6O[C@H](CO[C@@H]7O[C@H](CO[C@@H]8O[C@H](CO)[C@@H](O)[C@H](O)[C@H]8O)[C@@H](O)[C@H](O)[C@H]7O)[C@@H](O)[C@H](O)[C@H]6O)CC[C@]54O)C3)O[C@@H]2C)O[C@@H]1C. The van der Waals surface area contributed by atoms with E-state index in [-0.39, 0.29) is 29.3 Å². The first-order valence-corrected chi connectivity index (χ1v) is 29.9. The fourth-order valence-electron chi connectivity index (χ4n) is 15.5. The largest absolute Gasteiger partial charge is 0.453 e. The van der Waals surface area contributed by atoms with Crippen molar-refractivity contribution in [3.05, 3.63) is 23.3 Å². The summed E-state index contributed by atoms with van der Waals surface area (Å²) in [5, 5.41) is 130. The van der Waals surface area contributed by atoms with Gasteiger partial charge < -0.3 is 123 Å². The standard InChI is InChI=1S/C58H94O26/c1-10-24(2)51(70)83-49-27(5)78-55(47(69)50(49)73-9)84-48-26(4)76-37(20-33(48)72-8)79-29-13-16-56(6)28(19-29)11-12-32-31(56)14-17-57(7)30(15-18-58(32,57)71)25(3)77-54-46(68)43(65)40(62)36(82-54)23-75-53-45(67)42(64)39(61)35(81-53)22-74-52-44(66)41(63)38(60)34(21-59)80-52/h10-11,25-27,29-50,52-55,59-69,71H,12-23H2,1-9H3/b24-10+/t25-,26+,27+,29-,30+,31-,32+,33-,34+,35+,36+,37-,38+,39+,40+,41-,42-,43-,44+,45+,46+,47+,48+,49+,50+,52+,53+,54+,55-,56-,57+,58-/m0/s1. The Hall–Kier alpha value is -2.01. The van der Waals surface area contributed by atoms with Crippen LogP contribution in [0.3, 0.4) is 0 Å². The number of carbonyl (C=O) groups excluding carboxylic acids is 1. The Morgan fingerprint density at radius 1 is 0.667 bits per heavy atom. The number of rotatable bonds is 18. The zero-order valence-electron chi connectivity index (χ0n) is 49.5. The topological polar surface area (TPSA) is 380 Å². The third-order valence-electron chi connectivity index (χ3n) is 20.9. The molecule has 9 aliphatic rings. The first-order valence-electron chi connectivity index (χ1n) is 29.9. The van der Waals surface area contributed by atoms with Crippen LogP contribution in [0.2, 0.25) is 0 Å². The van der Waals surface area contributed by atoms with Crippen molar-refractivity contribution in [3.63, 3.8) is 0 Å². The highest BCUT2D eigenvalue weighted by Crippen LogP contribution is 2.68. The molecule has 12 N–H and O–H groups in total. The van der Waals surface area contributed by atoms with E-state index in [0.29, 0.717) is 44.1 Å². The first kappa shape index (κ1) is 66.4. The summed E-state index contributed by atoms with van der Waals surface area (Å²) in [4.78, 5) is 12.6. The fourth-order valence-corrected chi connectivity index (χ4v) is 15.5. The quantitative estimate of drug-likeness (QED) is 0.0420. The van der Waals surface area contributed by atoms with Crippen LogP contribution in [-0.4, -0.2) is 267 Å². The molecule has 0 amide bonds. The maximum atomic E-state index is 13.1. The molecular formula is C58H94O26. The highest BCUT2D eigenvalue weighted by molar-refractivity contribution is 5.87. The Kier molecular flexibility index (Phi) is 21.2. The number of hydrogen-bond donors (Lipinski definition) is 12. The molecule has 0 spiro atoms. The van der Waals surface area contributed by atoms with Gasteiger partial charge in [0.1, 0.15) is 91.6 Å². The van der Waals surface area contributed by atoms with Crippen molar-refractivity contribution in [3.8, 4) is 0 Å². The molecule has 482 valence electrons. The normalized spacial score (nSPS) is 51.2. The zero-order valence-corrected chi connectivity index (χ0v) is 49.5. The highest BCUT2D eigenvalue weighted by Gasteiger charge is 2.67. The van der Waals surface area contributed by atoms with E-state index in [1.54, 1.807) is 34.0 Å². The molecule has 84 heavy (non-hydrogen) atoms. The van der Waals surface area contributed by atoms with Gasteiger partial charge >= 0.3 is 5.97 Å². The summed E-state index contributed by atoms with van der Waals surface area (Å²) in [6.07, 6.45) is -22.5. The van der Waals surface area contributed by atoms with E-state index in [2.05, 4.69) is 19.9 Å². The lowest BCUT2D eigenvalue weighted by Crippen LogP contribution is -2.63. The van der Waals surface area contributed by atoms with E-state index in [0.717, 1.165) is 19.3 Å². The Bertz CT molecular complexity index is 2260. The van der Waals surface area contributed by atoms with E-state index < -0.39 is 190 Å². The van der Waals surface area contributed by atoms with Crippen LogP contribution in [-0.2, 0) is 66.4 Å². The number of allylic oxidation sites excluding steroid dienone is 2. The van der Waals surface area contributed by atoms with Gasteiger partial charge in [-0.25, -0.2) is 4.79 Å².